The largest absolute Gasteiger partial charge is 0.353 e. The third-order valence-corrected chi connectivity index (χ3v) is 5.39. The van der Waals surface area contributed by atoms with Gasteiger partial charge in [0, 0.05) is 31.1 Å². The van der Waals surface area contributed by atoms with Crippen LogP contribution in [0.3, 0.4) is 0 Å². The number of likely N-dealkylation sites (tertiary alicyclic amines) is 1. The molecule has 2 aliphatic carbocycles. The van der Waals surface area contributed by atoms with Crippen molar-refractivity contribution in [1.82, 2.24) is 10.2 Å². The third-order valence-electron chi connectivity index (χ3n) is 5.39. The highest BCUT2D eigenvalue weighted by molar-refractivity contribution is 5.77. The standard InChI is InChI=1S/C16H29N3O/c17-11-14(10-16(20)18-13-7-8-13)19-9-3-5-12-4-1-2-6-15(12)19/h12-15H,1-11,17H2,(H,18,20). The normalized spacial score (nSPS) is 32.5. The van der Waals surface area contributed by atoms with Gasteiger partial charge in [-0.1, -0.05) is 12.8 Å². The lowest BCUT2D eigenvalue weighted by molar-refractivity contribution is -0.123. The number of nitrogens with one attached hydrogen (secondary N) is 1. The van der Waals surface area contributed by atoms with E-state index in [0.29, 0.717) is 25.0 Å². The smallest absolute Gasteiger partial charge is 0.221 e. The lowest BCUT2D eigenvalue weighted by Crippen LogP contribution is -2.54. The van der Waals surface area contributed by atoms with Crippen molar-refractivity contribution in [3.05, 3.63) is 0 Å². The predicted octanol–water partition coefficient (Wildman–Crippen LogP) is 1.64. The van der Waals surface area contributed by atoms with Gasteiger partial charge in [-0.2, -0.15) is 0 Å². The van der Waals surface area contributed by atoms with Gasteiger partial charge in [-0.05, 0) is 51.0 Å². The zero-order valence-corrected chi connectivity index (χ0v) is 12.5. The Labute approximate surface area is 122 Å². The number of piperidine rings is 1. The summed E-state index contributed by atoms with van der Waals surface area (Å²) in [7, 11) is 0. The minimum Gasteiger partial charge on any atom is -0.353 e. The molecule has 3 N–H and O–H groups in total. The second kappa shape index (κ2) is 6.44. The van der Waals surface area contributed by atoms with Gasteiger partial charge in [0.2, 0.25) is 5.91 Å². The maximum atomic E-state index is 12.1. The average Bonchev–Trinajstić information content (AvgIpc) is 3.28. The molecule has 114 valence electrons. The van der Waals surface area contributed by atoms with Gasteiger partial charge in [0.25, 0.3) is 0 Å². The predicted molar refractivity (Wildman–Crippen MR) is 80.3 cm³/mol. The number of carbonyl (C=O) groups is 1. The molecule has 0 bridgehead atoms. The number of rotatable bonds is 5. The molecule has 3 aliphatic rings. The molecular weight excluding hydrogens is 250 g/mol. The summed E-state index contributed by atoms with van der Waals surface area (Å²) >= 11 is 0. The van der Waals surface area contributed by atoms with E-state index in [0.717, 1.165) is 25.3 Å². The maximum Gasteiger partial charge on any atom is 0.221 e. The van der Waals surface area contributed by atoms with Gasteiger partial charge >= 0.3 is 0 Å². The van der Waals surface area contributed by atoms with Crippen LogP contribution in [0.2, 0.25) is 0 Å². The molecule has 0 aromatic rings. The molecule has 3 rings (SSSR count). The Bertz CT molecular complexity index is 341. The van der Waals surface area contributed by atoms with E-state index in [2.05, 4.69) is 10.2 Å². The number of carbonyl (C=O) groups excluding carboxylic acids is 1. The Balaban J connectivity index is 1.59. The fourth-order valence-electron chi connectivity index (χ4n) is 4.18. The molecule has 20 heavy (non-hydrogen) atoms. The Morgan fingerprint density at radius 2 is 1.90 bits per heavy atom. The van der Waals surface area contributed by atoms with Crippen LogP contribution >= 0.6 is 0 Å². The molecule has 2 saturated carbocycles. The first-order valence-electron chi connectivity index (χ1n) is 8.53. The minimum atomic E-state index is 0.209. The molecule has 1 amide bonds. The van der Waals surface area contributed by atoms with E-state index in [1.807, 2.05) is 0 Å². The number of nitrogens with two attached hydrogens (primary N) is 1. The monoisotopic (exact) mass is 279 g/mol. The van der Waals surface area contributed by atoms with Crippen molar-refractivity contribution >= 4 is 5.91 Å². The second-order valence-corrected chi connectivity index (χ2v) is 6.93. The van der Waals surface area contributed by atoms with Gasteiger partial charge in [0.1, 0.15) is 0 Å². The molecule has 0 radical (unpaired) electrons. The number of fused-ring (bicyclic) bond motifs is 1. The molecular formula is C16H29N3O. The van der Waals surface area contributed by atoms with E-state index < -0.39 is 0 Å². The van der Waals surface area contributed by atoms with Crippen molar-refractivity contribution in [3.8, 4) is 0 Å². The first kappa shape index (κ1) is 14.3. The van der Waals surface area contributed by atoms with E-state index in [4.69, 9.17) is 5.73 Å². The molecule has 3 fully saturated rings. The van der Waals surface area contributed by atoms with Gasteiger partial charge in [-0.25, -0.2) is 0 Å². The van der Waals surface area contributed by atoms with Crippen LogP contribution in [0.25, 0.3) is 0 Å². The highest BCUT2D eigenvalue weighted by Gasteiger charge is 2.37. The number of amides is 1. The molecule has 3 atom stereocenters. The third kappa shape index (κ3) is 3.34. The van der Waals surface area contributed by atoms with Gasteiger partial charge in [-0.15, -0.1) is 0 Å². The second-order valence-electron chi connectivity index (χ2n) is 6.93. The van der Waals surface area contributed by atoms with Gasteiger partial charge in [0.15, 0.2) is 0 Å². The highest BCUT2D eigenvalue weighted by atomic mass is 16.1. The fourth-order valence-corrected chi connectivity index (χ4v) is 4.18. The topological polar surface area (TPSA) is 58.4 Å². The quantitative estimate of drug-likeness (QED) is 0.804. The lowest BCUT2D eigenvalue weighted by atomic mass is 9.77. The Morgan fingerprint density at radius 1 is 1.15 bits per heavy atom. The van der Waals surface area contributed by atoms with Crippen LogP contribution in [0.1, 0.15) is 57.8 Å². The molecule has 1 aliphatic heterocycles. The summed E-state index contributed by atoms with van der Waals surface area (Å²) in [5.41, 5.74) is 6.00. The summed E-state index contributed by atoms with van der Waals surface area (Å²) < 4.78 is 0. The molecule has 1 saturated heterocycles. The summed E-state index contributed by atoms with van der Waals surface area (Å²) in [5.74, 6) is 1.07. The van der Waals surface area contributed by atoms with Gasteiger partial charge in [0.05, 0.1) is 0 Å². The van der Waals surface area contributed by atoms with E-state index in [1.54, 1.807) is 0 Å². The summed E-state index contributed by atoms with van der Waals surface area (Å²) in [6.45, 7) is 1.75. The van der Waals surface area contributed by atoms with E-state index in [-0.39, 0.29) is 11.9 Å². The Morgan fingerprint density at radius 3 is 2.65 bits per heavy atom. The molecule has 1 heterocycles. The summed E-state index contributed by atoms with van der Waals surface area (Å²) in [5, 5.41) is 3.11. The van der Waals surface area contributed by atoms with E-state index in [9.17, 15) is 4.79 Å². The van der Waals surface area contributed by atoms with Gasteiger partial charge in [-0.3, -0.25) is 9.69 Å². The molecule has 3 unspecified atom stereocenters. The Kier molecular flexibility index (Phi) is 4.61. The SMILES string of the molecule is NCC(CC(=O)NC1CC1)N1CCCC2CCCCC21. The summed E-state index contributed by atoms with van der Waals surface area (Å²) in [6, 6.07) is 1.41. The minimum absolute atomic E-state index is 0.209. The summed E-state index contributed by atoms with van der Waals surface area (Å²) in [4.78, 5) is 14.7. The molecule has 4 heteroatoms. The maximum absolute atomic E-state index is 12.1. The average molecular weight is 279 g/mol. The van der Waals surface area contributed by atoms with Crippen LogP contribution < -0.4 is 11.1 Å². The Hall–Kier alpha value is -0.610. The van der Waals surface area contributed by atoms with Crippen LogP contribution in [-0.4, -0.2) is 42.0 Å². The molecule has 0 spiro atoms. The van der Waals surface area contributed by atoms with Crippen LogP contribution in [0.5, 0.6) is 0 Å². The lowest BCUT2D eigenvalue weighted by Gasteiger charge is -2.47. The van der Waals surface area contributed by atoms with Crippen LogP contribution in [0.4, 0.5) is 0 Å². The van der Waals surface area contributed by atoms with Crippen LogP contribution in [-0.2, 0) is 4.79 Å². The van der Waals surface area contributed by atoms with Crippen molar-refractivity contribution in [2.24, 2.45) is 11.7 Å². The highest BCUT2D eigenvalue weighted by Crippen LogP contribution is 2.36. The van der Waals surface area contributed by atoms with Crippen molar-refractivity contribution in [2.45, 2.75) is 75.9 Å². The number of nitrogens with zero attached hydrogens (tertiary/aromatic N) is 1. The molecule has 0 aromatic heterocycles. The zero-order chi connectivity index (χ0) is 13.9. The van der Waals surface area contributed by atoms with Crippen molar-refractivity contribution in [1.29, 1.82) is 0 Å². The summed E-state index contributed by atoms with van der Waals surface area (Å²) in [6.07, 6.45) is 11.0. The van der Waals surface area contributed by atoms with Crippen molar-refractivity contribution in [3.63, 3.8) is 0 Å². The molecule has 4 nitrogen and oxygen atoms in total. The van der Waals surface area contributed by atoms with Crippen LogP contribution in [0.15, 0.2) is 0 Å². The number of hydrogen-bond donors (Lipinski definition) is 2. The van der Waals surface area contributed by atoms with Crippen molar-refractivity contribution in [2.75, 3.05) is 13.1 Å². The zero-order valence-electron chi connectivity index (χ0n) is 12.5. The first-order chi connectivity index (χ1) is 9.78. The fraction of sp³-hybridized carbons (Fsp3) is 0.938. The van der Waals surface area contributed by atoms with E-state index >= 15 is 0 Å². The van der Waals surface area contributed by atoms with Gasteiger partial charge < -0.3 is 11.1 Å². The van der Waals surface area contributed by atoms with E-state index in [1.165, 1.54) is 38.5 Å². The first-order valence-corrected chi connectivity index (χ1v) is 8.53. The van der Waals surface area contributed by atoms with Crippen LogP contribution in [0, 0.1) is 5.92 Å². The van der Waals surface area contributed by atoms with Crippen molar-refractivity contribution < 1.29 is 4.79 Å². The number of hydrogen-bond acceptors (Lipinski definition) is 3. The molecule has 0 aromatic carbocycles.